The monoisotopic (exact) mass is 272 g/mol. The summed E-state index contributed by atoms with van der Waals surface area (Å²) in [6, 6.07) is 9.83. The topological polar surface area (TPSA) is 54.1 Å². The zero-order chi connectivity index (χ0) is 13.8. The molecule has 4 heteroatoms. The van der Waals surface area contributed by atoms with Gasteiger partial charge >= 0.3 is 0 Å². The Morgan fingerprint density at radius 1 is 1.35 bits per heavy atom. The molecule has 1 saturated heterocycles. The summed E-state index contributed by atoms with van der Waals surface area (Å²) in [5, 5.41) is 4.45. The summed E-state index contributed by atoms with van der Waals surface area (Å²) >= 11 is 0. The molecule has 0 saturated carbocycles. The first-order valence-electron chi connectivity index (χ1n) is 7.22. The molecule has 0 bridgehead atoms. The third kappa shape index (κ3) is 3.08. The van der Waals surface area contributed by atoms with Crippen LogP contribution in [-0.4, -0.2) is 24.7 Å². The first kappa shape index (κ1) is 13.3. The molecular formula is C16H20N2O2. The highest BCUT2D eigenvalue weighted by Gasteiger charge is 2.13. The summed E-state index contributed by atoms with van der Waals surface area (Å²) in [5.74, 6) is 0.572. The molecule has 0 amide bonds. The van der Waals surface area contributed by atoms with E-state index < -0.39 is 0 Å². The third-order valence-corrected chi connectivity index (χ3v) is 3.83. The van der Waals surface area contributed by atoms with Gasteiger partial charge in [0.1, 0.15) is 0 Å². The number of H-pyrrole nitrogens is 1. The van der Waals surface area contributed by atoms with Crippen LogP contribution in [0.25, 0.3) is 10.9 Å². The minimum Gasteiger partial charge on any atom is -0.381 e. The van der Waals surface area contributed by atoms with Crippen molar-refractivity contribution < 1.29 is 4.74 Å². The molecule has 4 nitrogen and oxygen atoms in total. The highest BCUT2D eigenvalue weighted by molar-refractivity contribution is 5.78. The number of hydrogen-bond donors (Lipinski definition) is 2. The number of aromatic nitrogens is 1. The van der Waals surface area contributed by atoms with Crippen LogP contribution in [0.1, 0.15) is 18.4 Å². The zero-order valence-corrected chi connectivity index (χ0v) is 11.5. The van der Waals surface area contributed by atoms with E-state index in [4.69, 9.17) is 4.74 Å². The van der Waals surface area contributed by atoms with Crippen LogP contribution < -0.4 is 10.9 Å². The molecule has 3 rings (SSSR count). The Morgan fingerprint density at radius 2 is 2.25 bits per heavy atom. The average Bonchev–Trinajstić information content (AvgIpc) is 2.49. The molecule has 1 fully saturated rings. The highest BCUT2D eigenvalue weighted by atomic mass is 16.5. The van der Waals surface area contributed by atoms with Crippen LogP contribution in [0.3, 0.4) is 0 Å². The normalized spacial score (nSPS) is 19.3. The van der Waals surface area contributed by atoms with Gasteiger partial charge in [0.15, 0.2) is 0 Å². The minimum atomic E-state index is -0.00362. The van der Waals surface area contributed by atoms with Crippen molar-refractivity contribution in [1.82, 2.24) is 10.3 Å². The molecule has 2 N–H and O–H groups in total. The number of pyridine rings is 1. The molecule has 20 heavy (non-hydrogen) atoms. The van der Waals surface area contributed by atoms with Gasteiger partial charge in [0.2, 0.25) is 0 Å². The third-order valence-electron chi connectivity index (χ3n) is 3.83. The van der Waals surface area contributed by atoms with E-state index in [1.54, 1.807) is 0 Å². The number of benzene rings is 1. The van der Waals surface area contributed by atoms with Crippen LogP contribution in [0, 0.1) is 5.92 Å². The smallest absolute Gasteiger partial charge is 0.252 e. The van der Waals surface area contributed by atoms with E-state index in [0.717, 1.165) is 42.6 Å². The summed E-state index contributed by atoms with van der Waals surface area (Å²) in [7, 11) is 0. The molecule has 1 aromatic heterocycles. The van der Waals surface area contributed by atoms with E-state index in [2.05, 4.69) is 10.3 Å². The number of hydrogen-bond acceptors (Lipinski definition) is 3. The second kappa shape index (κ2) is 6.20. The molecule has 1 atom stereocenters. The second-order valence-corrected chi connectivity index (χ2v) is 5.43. The maximum atomic E-state index is 12.0. The van der Waals surface area contributed by atoms with Gasteiger partial charge in [0.05, 0.1) is 6.61 Å². The van der Waals surface area contributed by atoms with E-state index in [0.29, 0.717) is 12.5 Å². The van der Waals surface area contributed by atoms with Crippen molar-refractivity contribution in [3.63, 3.8) is 0 Å². The predicted octanol–water partition coefficient (Wildman–Crippen LogP) is 2.04. The van der Waals surface area contributed by atoms with Crippen molar-refractivity contribution in [2.45, 2.75) is 19.4 Å². The second-order valence-electron chi connectivity index (χ2n) is 5.43. The number of fused-ring (bicyclic) bond motifs is 1. The van der Waals surface area contributed by atoms with Gasteiger partial charge in [-0.3, -0.25) is 4.79 Å². The van der Waals surface area contributed by atoms with Crippen LogP contribution in [-0.2, 0) is 11.3 Å². The summed E-state index contributed by atoms with van der Waals surface area (Å²) in [6.07, 6.45) is 2.35. The van der Waals surface area contributed by atoms with Gasteiger partial charge < -0.3 is 15.0 Å². The van der Waals surface area contributed by atoms with Crippen LogP contribution >= 0.6 is 0 Å². The maximum absolute atomic E-state index is 12.0. The lowest BCUT2D eigenvalue weighted by molar-refractivity contribution is 0.0547. The van der Waals surface area contributed by atoms with Crippen molar-refractivity contribution in [2.24, 2.45) is 5.92 Å². The Bertz CT molecular complexity index is 630. The Balaban J connectivity index is 1.64. The Hall–Kier alpha value is -1.65. The van der Waals surface area contributed by atoms with Gasteiger partial charge in [-0.25, -0.2) is 0 Å². The Morgan fingerprint density at radius 3 is 3.10 bits per heavy atom. The van der Waals surface area contributed by atoms with Crippen LogP contribution in [0.2, 0.25) is 0 Å². The molecule has 1 aromatic carbocycles. The van der Waals surface area contributed by atoms with Crippen LogP contribution in [0.5, 0.6) is 0 Å². The van der Waals surface area contributed by atoms with Gasteiger partial charge in [0, 0.05) is 30.8 Å². The van der Waals surface area contributed by atoms with Crippen molar-refractivity contribution in [3.05, 3.63) is 46.2 Å². The lowest BCUT2D eigenvalue weighted by Crippen LogP contribution is -2.30. The van der Waals surface area contributed by atoms with Crippen molar-refractivity contribution in [2.75, 3.05) is 19.8 Å². The highest BCUT2D eigenvalue weighted by Crippen LogP contribution is 2.13. The first-order chi connectivity index (χ1) is 9.83. The zero-order valence-electron chi connectivity index (χ0n) is 11.5. The number of ether oxygens (including phenoxy) is 1. The summed E-state index contributed by atoms with van der Waals surface area (Å²) < 4.78 is 5.46. The molecule has 0 spiro atoms. The average molecular weight is 272 g/mol. The first-order valence-corrected chi connectivity index (χ1v) is 7.22. The lowest BCUT2D eigenvalue weighted by atomic mass is 10.0. The van der Waals surface area contributed by atoms with Crippen molar-refractivity contribution in [3.8, 4) is 0 Å². The van der Waals surface area contributed by atoms with E-state index in [9.17, 15) is 4.79 Å². The quantitative estimate of drug-likeness (QED) is 0.895. The molecule has 1 aliphatic heterocycles. The Labute approximate surface area is 118 Å². The lowest BCUT2D eigenvalue weighted by Gasteiger charge is -2.22. The molecule has 1 aliphatic rings. The van der Waals surface area contributed by atoms with Crippen LogP contribution in [0.4, 0.5) is 0 Å². The van der Waals surface area contributed by atoms with Crippen molar-refractivity contribution in [1.29, 1.82) is 0 Å². The summed E-state index contributed by atoms with van der Waals surface area (Å²) in [4.78, 5) is 14.9. The molecule has 0 radical (unpaired) electrons. The van der Waals surface area contributed by atoms with Gasteiger partial charge in [-0.05, 0) is 36.3 Å². The Kier molecular flexibility index (Phi) is 4.14. The molecular weight excluding hydrogens is 252 g/mol. The van der Waals surface area contributed by atoms with Gasteiger partial charge in [-0.15, -0.1) is 0 Å². The number of para-hydroxylation sites is 1. The molecule has 0 unspecified atom stereocenters. The maximum Gasteiger partial charge on any atom is 0.252 e. The number of rotatable bonds is 4. The van der Waals surface area contributed by atoms with Gasteiger partial charge in [-0.2, -0.15) is 0 Å². The van der Waals surface area contributed by atoms with E-state index in [-0.39, 0.29) is 5.56 Å². The number of aromatic amines is 1. The predicted molar refractivity (Wildman–Crippen MR) is 79.8 cm³/mol. The van der Waals surface area contributed by atoms with E-state index >= 15 is 0 Å². The fraction of sp³-hybridized carbons (Fsp3) is 0.438. The summed E-state index contributed by atoms with van der Waals surface area (Å²) in [5.41, 5.74) is 1.68. The van der Waals surface area contributed by atoms with E-state index in [1.165, 1.54) is 6.42 Å². The van der Waals surface area contributed by atoms with Crippen molar-refractivity contribution >= 4 is 10.9 Å². The van der Waals surface area contributed by atoms with Gasteiger partial charge in [-0.1, -0.05) is 18.2 Å². The summed E-state index contributed by atoms with van der Waals surface area (Å²) in [6.45, 7) is 3.24. The molecule has 2 aromatic rings. The molecule has 0 aliphatic carbocycles. The minimum absolute atomic E-state index is 0.00362. The fourth-order valence-corrected chi connectivity index (χ4v) is 2.70. The fourth-order valence-electron chi connectivity index (χ4n) is 2.70. The molecule has 106 valence electrons. The molecule has 2 heterocycles. The van der Waals surface area contributed by atoms with Gasteiger partial charge in [0.25, 0.3) is 5.56 Å². The van der Waals surface area contributed by atoms with Crippen LogP contribution in [0.15, 0.2) is 35.1 Å². The largest absolute Gasteiger partial charge is 0.381 e. The number of nitrogens with one attached hydrogen (secondary N) is 2. The van der Waals surface area contributed by atoms with E-state index in [1.807, 2.05) is 30.3 Å². The SMILES string of the molecule is O=c1[nH]c2ccccc2cc1CNC[C@H]1CCCOC1. The standard InChI is InChI=1S/C16H20N2O2/c19-16-14(8-13-5-1-2-6-15(13)18-16)10-17-9-12-4-3-7-20-11-12/h1-2,5-6,8,12,17H,3-4,7,9-11H2,(H,18,19)/t12-/m1/s1.